The third-order valence-corrected chi connectivity index (χ3v) is 1.97. The van der Waals surface area contributed by atoms with E-state index in [4.69, 9.17) is 21.6 Å². The van der Waals surface area contributed by atoms with Crippen LogP contribution in [-0.2, 0) is 6.54 Å². The van der Waals surface area contributed by atoms with Crippen LogP contribution in [0.25, 0.3) is 0 Å². The Morgan fingerprint density at radius 3 is 2.80 bits per heavy atom. The van der Waals surface area contributed by atoms with Crippen molar-refractivity contribution in [2.75, 3.05) is 13.7 Å². The molecule has 0 amide bonds. The lowest BCUT2D eigenvalue weighted by molar-refractivity contribution is 0.301. The molecule has 0 radical (unpaired) electrons. The summed E-state index contributed by atoms with van der Waals surface area (Å²) in [6, 6.07) is 5.62. The first-order chi connectivity index (χ1) is 7.31. The molecule has 0 saturated carbocycles. The van der Waals surface area contributed by atoms with Gasteiger partial charge in [0.2, 0.25) is 0 Å². The second-order valence-corrected chi connectivity index (χ2v) is 2.99. The van der Waals surface area contributed by atoms with Crippen LogP contribution in [0.1, 0.15) is 12.0 Å². The summed E-state index contributed by atoms with van der Waals surface area (Å²) in [5.41, 5.74) is 6.54. The van der Waals surface area contributed by atoms with E-state index in [-0.39, 0.29) is 0 Å². The Morgan fingerprint density at radius 2 is 2.20 bits per heavy atom. The lowest BCUT2D eigenvalue weighted by atomic mass is 10.2. The predicted octanol–water partition coefficient (Wildman–Crippen LogP) is 1.56. The molecule has 0 fully saturated rings. The molecule has 0 aliphatic heterocycles. The van der Waals surface area contributed by atoms with E-state index in [2.05, 4.69) is 5.92 Å². The quantitative estimate of drug-likeness (QED) is 0.586. The van der Waals surface area contributed by atoms with Gasteiger partial charge >= 0.3 is 0 Å². The SMILES string of the molecule is C#CCCOc1cc(CN)ccc1OC. The van der Waals surface area contributed by atoms with Crippen molar-refractivity contribution in [3.63, 3.8) is 0 Å². The summed E-state index contributed by atoms with van der Waals surface area (Å²) in [4.78, 5) is 0. The zero-order valence-electron chi connectivity index (χ0n) is 8.82. The molecule has 1 aromatic carbocycles. The second kappa shape index (κ2) is 5.94. The minimum Gasteiger partial charge on any atom is -0.493 e. The Kier molecular flexibility index (Phi) is 4.52. The van der Waals surface area contributed by atoms with Crippen LogP contribution in [0, 0.1) is 12.3 Å². The molecule has 15 heavy (non-hydrogen) atoms. The van der Waals surface area contributed by atoms with Crippen molar-refractivity contribution in [1.82, 2.24) is 0 Å². The van der Waals surface area contributed by atoms with Gasteiger partial charge in [0.25, 0.3) is 0 Å². The van der Waals surface area contributed by atoms with Crippen molar-refractivity contribution in [3.8, 4) is 23.8 Å². The van der Waals surface area contributed by atoms with Crippen molar-refractivity contribution in [3.05, 3.63) is 23.8 Å². The van der Waals surface area contributed by atoms with Gasteiger partial charge in [0.05, 0.1) is 13.7 Å². The van der Waals surface area contributed by atoms with E-state index < -0.39 is 0 Å². The fraction of sp³-hybridized carbons (Fsp3) is 0.333. The monoisotopic (exact) mass is 205 g/mol. The number of hydrogen-bond acceptors (Lipinski definition) is 3. The number of benzene rings is 1. The summed E-state index contributed by atoms with van der Waals surface area (Å²) in [6.45, 7) is 0.969. The maximum Gasteiger partial charge on any atom is 0.161 e. The normalized spacial score (nSPS) is 9.40. The molecular formula is C12H15NO2. The van der Waals surface area contributed by atoms with Gasteiger partial charge in [-0.25, -0.2) is 0 Å². The van der Waals surface area contributed by atoms with Gasteiger partial charge in [-0.15, -0.1) is 12.3 Å². The molecule has 0 saturated heterocycles. The topological polar surface area (TPSA) is 44.5 Å². The molecule has 2 N–H and O–H groups in total. The maximum absolute atomic E-state index is 5.54. The molecule has 0 bridgehead atoms. The van der Waals surface area contributed by atoms with Gasteiger partial charge in [0, 0.05) is 13.0 Å². The predicted molar refractivity (Wildman–Crippen MR) is 59.8 cm³/mol. The number of rotatable bonds is 5. The van der Waals surface area contributed by atoms with Crippen LogP contribution >= 0.6 is 0 Å². The second-order valence-electron chi connectivity index (χ2n) is 2.99. The molecule has 0 aromatic heterocycles. The van der Waals surface area contributed by atoms with Gasteiger partial charge in [-0.3, -0.25) is 0 Å². The van der Waals surface area contributed by atoms with E-state index >= 15 is 0 Å². The lowest BCUT2D eigenvalue weighted by Gasteiger charge is -2.10. The number of hydrogen-bond donors (Lipinski definition) is 1. The van der Waals surface area contributed by atoms with Gasteiger partial charge in [-0.05, 0) is 17.7 Å². The van der Waals surface area contributed by atoms with E-state index in [0.717, 1.165) is 5.56 Å². The number of methoxy groups -OCH3 is 1. The van der Waals surface area contributed by atoms with Crippen molar-refractivity contribution >= 4 is 0 Å². The van der Waals surface area contributed by atoms with Crippen LogP contribution in [0.2, 0.25) is 0 Å². The van der Waals surface area contributed by atoms with Crippen LogP contribution in [-0.4, -0.2) is 13.7 Å². The molecule has 0 unspecified atom stereocenters. The van der Waals surface area contributed by atoms with Crippen molar-refractivity contribution in [2.45, 2.75) is 13.0 Å². The highest BCUT2D eigenvalue weighted by Crippen LogP contribution is 2.27. The average Bonchev–Trinajstić information content (AvgIpc) is 2.29. The fourth-order valence-corrected chi connectivity index (χ4v) is 1.18. The minimum absolute atomic E-state index is 0.482. The van der Waals surface area contributed by atoms with Crippen molar-refractivity contribution < 1.29 is 9.47 Å². The average molecular weight is 205 g/mol. The molecule has 3 heteroatoms. The van der Waals surface area contributed by atoms with Crippen LogP contribution in [0.15, 0.2) is 18.2 Å². The smallest absolute Gasteiger partial charge is 0.161 e. The summed E-state index contributed by atoms with van der Waals surface area (Å²) in [5.74, 6) is 3.90. The van der Waals surface area contributed by atoms with Crippen LogP contribution < -0.4 is 15.2 Å². The van der Waals surface area contributed by atoms with Gasteiger partial charge in [-0.1, -0.05) is 6.07 Å². The molecule has 80 valence electrons. The molecule has 1 aromatic rings. The lowest BCUT2D eigenvalue weighted by Crippen LogP contribution is -2.01. The number of nitrogens with two attached hydrogens (primary N) is 1. The van der Waals surface area contributed by atoms with Gasteiger partial charge in [0.1, 0.15) is 0 Å². The van der Waals surface area contributed by atoms with Crippen LogP contribution in [0.4, 0.5) is 0 Å². The molecule has 0 aliphatic rings. The van der Waals surface area contributed by atoms with Gasteiger partial charge in [0.15, 0.2) is 11.5 Å². The Hall–Kier alpha value is -1.66. The standard InChI is InChI=1S/C12H15NO2/c1-3-4-7-15-12-8-10(9-13)5-6-11(12)14-2/h1,5-6,8H,4,7,9,13H2,2H3. The Balaban J connectivity index is 2.77. The van der Waals surface area contributed by atoms with E-state index in [9.17, 15) is 0 Å². The largest absolute Gasteiger partial charge is 0.493 e. The van der Waals surface area contributed by atoms with E-state index in [1.54, 1.807) is 7.11 Å². The van der Waals surface area contributed by atoms with Crippen molar-refractivity contribution in [2.24, 2.45) is 5.73 Å². The third-order valence-electron chi connectivity index (χ3n) is 1.97. The summed E-state index contributed by atoms with van der Waals surface area (Å²) < 4.78 is 10.6. The maximum atomic E-state index is 5.54. The Bertz CT molecular complexity index is 355. The Labute approximate surface area is 90.2 Å². The molecule has 0 aliphatic carbocycles. The number of terminal acetylenes is 1. The highest BCUT2D eigenvalue weighted by atomic mass is 16.5. The first kappa shape index (κ1) is 11.4. The summed E-state index contributed by atoms with van der Waals surface area (Å²) in [7, 11) is 1.60. The van der Waals surface area contributed by atoms with E-state index in [1.165, 1.54) is 0 Å². The van der Waals surface area contributed by atoms with Gasteiger partial charge in [-0.2, -0.15) is 0 Å². The summed E-state index contributed by atoms with van der Waals surface area (Å²) in [6.07, 6.45) is 5.72. The minimum atomic E-state index is 0.482. The molecule has 3 nitrogen and oxygen atoms in total. The molecular weight excluding hydrogens is 190 g/mol. The van der Waals surface area contributed by atoms with Gasteiger partial charge < -0.3 is 15.2 Å². The first-order valence-corrected chi connectivity index (χ1v) is 4.75. The van der Waals surface area contributed by atoms with E-state index in [0.29, 0.717) is 31.1 Å². The first-order valence-electron chi connectivity index (χ1n) is 4.75. The fourth-order valence-electron chi connectivity index (χ4n) is 1.18. The third kappa shape index (κ3) is 3.19. The zero-order chi connectivity index (χ0) is 11.1. The van der Waals surface area contributed by atoms with Crippen LogP contribution in [0.5, 0.6) is 11.5 Å². The molecule has 0 spiro atoms. The highest BCUT2D eigenvalue weighted by molar-refractivity contribution is 5.42. The van der Waals surface area contributed by atoms with E-state index in [1.807, 2.05) is 18.2 Å². The zero-order valence-corrected chi connectivity index (χ0v) is 8.82. The summed E-state index contributed by atoms with van der Waals surface area (Å²) >= 11 is 0. The van der Waals surface area contributed by atoms with Crippen molar-refractivity contribution in [1.29, 1.82) is 0 Å². The molecule has 1 rings (SSSR count). The number of ether oxygens (including phenoxy) is 2. The Morgan fingerprint density at radius 1 is 1.40 bits per heavy atom. The highest BCUT2D eigenvalue weighted by Gasteiger charge is 2.04. The van der Waals surface area contributed by atoms with Crippen LogP contribution in [0.3, 0.4) is 0 Å². The molecule has 0 heterocycles. The summed E-state index contributed by atoms with van der Waals surface area (Å²) in [5, 5.41) is 0. The molecule has 0 atom stereocenters.